The van der Waals surface area contributed by atoms with Gasteiger partial charge in [-0.2, -0.15) is 0 Å². The molecule has 0 fully saturated rings. The second-order valence-corrected chi connectivity index (χ2v) is 5.98. The number of halogens is 2. The Morgan fingerprint density at radius 3 is 2.68 bits per heavy atom. The third kappa shape index (κ3) is 3.19. The van der Waals surface area contributed by atoms with E-state index in [4.69, 9.17) is 16.4 Å². The molecule has 1 unspecified atom stereocenters. The van der Waals surface area contributed by atoms with Crippen LogP contribution in [0.1, 0.15) is 5.56 Å². The van der Waals surface area contributed by atoms with E-state index in [0.717, 1.165) is 11.5 Å². The molecule has 2 rings (SSSR count). The first-order chi connectivity index (χ1) is 9.00. The van der Waals surface area contributed by atoms with Crippen LogP contribution in [0.15, 0.2) is 53.0 Å². The Bertz CT molecular complexity index is 729. The molecule has 0 radical (unpaired) electrons. The highest BCUT2D eigenvalue weighted by molar-refractivity contribution is 7.95. The van der Waals surface area contributed by atoms with Crippen LogP contribution in [0.3, 0.4) is 0 Å². The maximum atomic E-state index is 13.5. The van der Waals surface area contributed by atoms with Crippen LogP contribution in [0.2, 0.25) is 5.02 Å². The maximum absolute atomic E-state index is 13.5. The Kier molecular flexibility index (Phi) is 3.97. The van der Waals surface area contributed by atoms with Crippen molar-refractivity contribution in [2.24, 2.45) is 0 Å². The third-order valence-corrected chi connectivity index (χ3v) is 4.09. The van der Waals surface area contributed by atoms with Gasteiger partial charge in [-0.1, -0.05) is 29.8 Å². The van der Waals surface area contributed by atoms with Crippen molar-refractivity contribution < 1.29 is 8.60 Å². The minimum atomic E-state index is -3.43. The second kappa shape index (κ2) is 5.50. The van der Waals surface area contributed by atoms with Gasteiger partial charge in [-0.15, -0.1) is 0 Å². The van der Waals surface area contributed by atoms with Crippen LogP contribution < -0.4 is 0 Å². The molecule has 1 heterocycles. The zero-order valence-electron chi connectivity index (χ0n) is 9.72. The number of pyridine rings is 1. The predicted octanol–water partition coefficient (Wildman–Crippen LogP) is 3.95. The van der Waals surface area contributed by atoms with Gasteiger partial charge in [-0.3, -0.25) is 0 Å². The minimum absolute atomic E-state index is 0.377. The number of nitrogens with one attached hydrogen (secondary N) is 1. The van der Waals surface area contributed by atoms with Gasteiger partial charge in [0.1, 0.15) is 9.73 Å². The van der Waals surface area contributed by atoms with Crippen LogP contribution in [-0.4, -0.2) is 9.19 Å². The number of hydrogen-bond acceptors (Lipinski definition) is 3. The van der Waals surface area contributed by atoms with E-state index in [9.17, 15) is 8.60 Å². The lowest BCUT2D eigenvalue weighted by atomic mass is 10.2. The maximum Gasteiger partial charge on any atom is 0.175 e. The Hall–Kier alpha value is -1.72. The monoisotopic (exact) mass is 296 g/mol. The van der Waals surface area contributed by atoms with E-state index < -0.39 is 15.5 Å². The van der Waals surface area contributed by atoms with Crippen molar-refractivity contribution >= 4 is 27.4 Å². The first-order valence-electron chi connectivity index (χ1n) is 5.33. The third-order valence-electron chi connectivity index (χ3n) is 2.36. The fourth-order valence-electron chi connectivity index (χ4n) is 1.44. The van der Waals surface area contributed by atoms with Crippen LogP contribution in [0.4, 0.5) is 4.39 Å². The first kappa shape index (κ1) is 13.7. The molecular formula is C13H10ClFN2OS. The number of aromatic nitrogens is 1. The van der Waals surface area contributed by atoms with Crippen molar-refractivity contribution in [3.8, 4) is 0 Å². The number of rotatable bonds is 3. The van der Waals surface area contributed by atoms with E-state index in [1.54, 1.807) is 24.3 Å². The molecular weight excluding hydrogens is 287 g/mol. The summed E-state index contributed by atoms with van der Waals surface area (Å²) in [7, 11) is -3.43. The summed E-state index contributed by atoms with van der Waals surface area (Å²) < 4.78 is 33.3. The van der Waals surface area contributed by atoms with Crippen molar-refractivity contribution in [3.05, 3.63) is 64.4 Å². The molecule has 0 aliphatic carbocycles. The molecule has 0 amide bonds. The molecule has 6 heteroatoms. The fraction of sp³-hybridized carbons (Fsp3) is 0. The Balaban J connectivity index is 2.38. The molecule has 1 aromatic heterocycles. The van der Waals surface area contributed by atoms with Gasteiger partial charge in [0.25, 0.3) is 0 Å². The van der Waals surface area contributed by atoms with Crippen LogP contribution in [-0.2, 0) is 9.73 Å². The Morgan fingerprint density at radius 1 is 1.26 bits per heavy atom. The molecule has 0 aliphatic rings. The number of nitrogens with zero attached hydrogens (tertiary/aromatic N) is 1. The summed E-state index contributed by atoms with van der Waals surface area (Å²) in [5, 5.41) is 1.20. The summed E-state index contributed by atoms with van der Waals surface area (Å²) in [4.78, 5) is 3.66. The van der Waals surface area contributed by atoms with E-state index in [0.29, 0.717) is 10.6 Å². The molecule has 3 nitrogen and oxygen atoms in total. The van der Waals surface area contributed by atoms with Crippen LogP contribution in [0.25, 0.3) is 6.08 Å². The highest BCUT2D eigenvalue weighted by Crippen LogP contribution is 2.19. The second-order valence-electron chi connectivity index (χ2n) is 3.72. The van der Waals surface area contributed by atoms with E-state index in [1.165, 1.54) is 18.3 Å². The Morgan fingerprint density at radius 2 is 2.00 bits per heavy atom. The van der Waals surface area contributed by atoms with E-state index in [2.05, 4.69) is 4.98 Å². The van der Waals surface area contributed by atoms with Crippen molar-refractivity contribution in [2.75, 3.05) is 0 Å². The molecule has 98 valence electrons. The van der Waals surface area contributed by atoms with Gasteiger partial charge < -0.3 is 0 Å². The molecule has 0 saturated heterocycles. The van der Waals surface area contributed by atoms with Crippen LogP contribution in [0, 0.1) is 10.6 Å². The summed E-state index contributed by atoms with van der Waals surface area (Å²) in [6, 6.07) is 9.41. The van der Waals surface area contributed by atoms with Crippen LogP contribution >= 0.6 is 11.6 Å². The number of hydrogen-bond donors (Lipinski definition) is 1. The Labute approximate surface area is 115 Å². The molecule has 1 N–H and O–H groups in total. The molecule has 0 aliphatic heterocycles. The molecule has 19 heavy (non-hydrogen) atoms. The summed E-state index contributed by atoms with van der Waals surface area (Å²) in [5.41, 5.74) is 0.612. The van der Waals surface area contributed by atoms with Gasteiger partial charge in [-0.05, 0) is 29.8 Å². The molecule has 0 saturated carbocycles. The first-order valence-corrected chi connectivity index (χ1v) is 7.32. The van der Waals surface area contributed by atoms with Crippen molar-refractivity contribution in [2.45, 2.75) is 5.03 Å². The highest BCUT2D eigenvalue weighted by Gasteiger charge is 2.13. The zero-order chi connectivity index (χ0) is 13.9. The van der Waals surface area contributed by atoms with E-state index >= 15 is 0 Å². The largest absolute Gasteiger partial charge is 0.244 e. The number of benzene rings is 1. The van der Waals surface area contributed by atoms with Crippen molar-refractivity contribution in [1.29, 1.82) is 4.78 Å². The lowest BCUT2D eigenvalue weighted by Crippen LogP contribution is -2.00. The normalized spacial score (nSPS) is 14.4. The standard InChI is InChI=1S/C13H10ClFN2OS/c14-11-5-2-1-4-10(11)7-9-19(16,18)13-12(15)6-3-8-17-13/h1-9,16H/b9-7+. The SMILES string of the molecule is N=S(=O)(/C=C/c1ccccc1Cl)c1ncccc1F. The molecule has 0 spiro atoms. The van der Waals surface area contributed by atoms with Gasteiger partial charge >= 0.3 is 0 Å². The van der Waals surface area contributed by atoms with Gasteiger partial charge in [0, 0.05) is 16.6 Å². The van der Waals surface area contributed by atoms with Gasteiger partial charge in [0.15, 0.2) is 10.8 Å². The summed E-state index contributed by atoms with van der Waals surface area (Å²) in [5.74, 6) is -0.758. The minimum Gasteiger partial charge on any atom is -0.244 e. The van der Waals surface area contributed by atoms with Crippen molar-refractivity contribution in [1.82, 2.24) is 4.98 Å². The molecule has 1 atom stereocenters. The highest BCUT2D eigenvalue weighted by atomic mass is 35.5. The zero-order valence-corrected chi connectivity index (χ0v) is 11.3. The summed E-state index contributed by atoms with van der Waals surface area (Å²) >= 11 is 5.94. The molecule has 2 aromatic rings. The lowest BCUT2D eigenvalue weighted by Gasteiger charge is -2.02. The van der Waals surface area contributed by atoms with E-state index in [1.807, 2.05) is 0 Å². The van der Waals surface area contributed by atoms with Crippen molar-refractivity contribution in [3.63, 3.8) is 0 Å². The summed E-state index contributed by atoms with van der Waals surface area (Å²) in [6.07, 6.45) is 2.74. The predicted molar refractivity (Wildman–Crippen MR) is 73.8 cm³/mol. The average molecular weight is 297 g/mol. The van der Waals surface area contributed by atoms with Gasteiger partial charge in [0.05, 0.1) is 0 Å². The van der Waals surface area contributed by atoms with E-state index in [-0.39, 0.29) is 5.03 Å². The smallest absolute Gasteiger partial charge is 0.175 e. The topological polar surface area (TPSA) is 53.8 Å². The quantitative estimate of drug-likeness (QED) is 0.932. The summed E-state index contributed by atoms with van der Waals surface area (Å²) in [6.45, 7) is 0. The molecule has 1 aromatic carbocycles. The fourth-order valence-corrected chi connectivity index (χ4v) is 2.68. The van der Waals surface area contributed by atoms with Gasteiger partial charge in [-0.25, -0.2) is 18.4 Å². The van der Waals surface area contributed by atoms with Crippen LogP contribution in [0.5, 0.6) is 0 Å². The molecule has 0 bridgehead atoms. The van der Waals surface area contributed by atoms with Gasteiger partial charge in [0.2, 0.25) is 0 Å². The lowest BCUT2D eigenvalue weighted by molar-refractivity contribution is 0.579. The average Bonchev–Trinajstić information content (AvgIpc) is 2.38.